The van der Waals surface area contributed by atoms with Crippen LogP contribution in [0.5, 0.6) is 5.75 Å². The van der Waals surface area contributed by atoms with E-state index in [1.54, 1.807) is 0 Å². The second kappa shape index (κ2) is 6.29. The first-order chi connectivity index (χ1) is 9.74. The van der Waals surface area contributed by atoms with Crippen LogP contribution in [0.25, 0.3) is 0 Å². The molecule has 2 heterocycles. The molecular weight excluding hydrogens is 334 g/mol. The lowest BCUT2D eigenvalue weighted by Crippen LogP contribution is -2.20. The summed E-state index contributed by atoms with van der Waals surface area (Å²) in [7, 11) is 0. The monoisotopic (exact) mass is 351 g/mol. The summed E-state index contributed by atoms with van der Waals surface area (Å²) >= 11 is 5.34. The summed E-state index contributed by atoms with van der Waals surface area (Å²) in [6.07, 6.45) is 2.21. The highest BCUT2D eigenvalue weighted by Gasteiger charge is 2.19. The van der Waals surface area contributed by atoms with Crippen LogP contribution in [0.1, 0.15) is 34.9 Å². The number of hydrogen-bond donors (Lipinski definition) is 1. The van der Waals surface area contributed by atoms with Gasteiger partial charge in [0.25, 0.3) is 0 Å². The van der Waals surface area contributed by atoms with Gasteiger partial charge in [-0.25, -0.2) is 0 Å². The Hall–Kier alpha value is -0.840. The molecule has 0 radical (unpaired) electrons. The molecular formula is C16H18BrNOS. The van der Waals surface area contributed by atoms with Crippen molar-refractivity contribution < 1.29 is 4.74 Å². The molecule has 0 bridgehead atoms. The zero-order chi connectivity index (χ0) is 13.9. The molecule has 1 N–H and O–H groups in total. The number of benzene rings is 1. The molecule has 0 amide bonds. The lowest BCUT2D eigenvalue weighted by molar-refractivity contribution is 0.315. The molecule has 4 heteroatoms. The van der Waals surface area contributed by atoms with Crippen molar-refractivity contribution in [2.24, 2.45) is 0 Å². The van der Waals surface area contributed by atoms with E-state index in [4.69, 9.17) is 4.74 Å². The molecule has 1 aromatic carbocycles. The summed E-state index contributed by atoms with van der Waals surface area (Å²) in [6, 6.07) is 8.90. The molecule has 1 aliphatic rings. The summed E-state index contributed by atoms with van der Waals surface area (Å²) in [5.74, 6) is 1.01. The predicted octanol–water partition coefficient (Wildman–Crippen LogP) is 4.82. The maximum Gasteiger partial charge on any atom is 0.125 e. The molecule has 0 fully saturated rings. The second-order valence-corrected chi connectivity index (χ2v) is 7.05. The van der Waals surface area contributed by atoms with E-state index >= 15 is 0 Å². The van der Waals surface area contributed by atoms with E-state index in [0.29, 0.717) is 6.04 Å². The third kappa shape index (κ3) is 3.08. The van der Waals surface area contributed by atoms with Crippen molar-refractivity contribution in [2.45, 2.75) is 32.4 Å². The Balaban J connectivity index is 1.78. The van der Waals surface area contributed by atoms with E-state index in [9.17, 15) is 0 Å². The van der Waals surface area contributed by atoms with Gasteiger partial charge in [0, 0.05) is 27.5 Å². The average Bonchev–Trinajstić information content (AvgIpc) is 2.73. The molecule has 1 unspecified atom stereocenters. The minimum Gasteiger partial charge on any atom is -0.493 e. The number of halogens is 1. The van der Waals surface area contributed by atoms with Crippen LogP contribution in [0.4, 0.5) is 0 Å². The third-order valence-corrected chi connectivity index (χ3v) is 5.24. The second-order valence-electron chi connectivity index (χ2n) is 5.13. The van der Waals surface area contributed by atoms with Crippen LogP contribution < -0.4 is 10.1 Å². The lowest BCUT2D eigenvalue weighted by atomic mass is 10.0. The maximum absolute atomic E-state index is 5.85. The minimum absolute atomic E-state index is 0.377. The summed E-state index contributed by atoms with van der Waals surface area (Å²) in [5.41, 5.74) is 2.66. The Morgan fingerprint density at radius 2 is 2.30 bits per heavy atom. The van der Waals surface area contributed by atoms with Gasteiger partial charge in [0.1, 0.15) is 5.75 Å². The van der Waals surface area contributed by atoms with E-state index in [1.807, 2.05) is 11.3 Å². The van der Waals surface area contributed by atoms with Crippen LogP contribution in [-0.2, 0) is 6.54 Å². The highest BCUT2D eigenvalue weighted by Crippen LogP contribution is 2.34. The number of ether oxygens (including phenoxy) is 1. The van der Waals surface area contributed by atoms with Crippen molar-refractivity contribution in [3.63, 3.8) is 0 Å². The highest BCUT2D eigenvalue weighted by atomic mass is 79.9. The SMILES string of the molecule is Cc1ccsc1CNC1CCCOc2cc(Br)ccc21. The Kier molecular flexibility index (Phi) is 4.44. The van der Waals surface area contributed by atoms with Crippen LogP contribution in [0.15, 0.2) is 34.1 Å². The fraction of sp³-hybridized carbons (Fsp3) is 0.375. The molecule has 0 aliphatic carbocycles. The average molecular weight is 352 g/mol. The third-order valence-electron chi connectivity index (χ3n) is 3.72. The normalized spacial score (nSPS) is 18.2. The highest BCUT2D eigenvalue weighted by molar-refractivity contribution is 9.10. The van der Waals surface area contributed by atoms with E-state index < -0.39 is 0 Å². The first kappa shape index (κ1) is 14.1. The summed E-state index contributed by atoms with van der Waals surface area (Å²) in [6.45, 7) is 3.91. The fourth-order valence-electron chi connectivity index (χ4n) is 2.56. The maximum atomic E-state index is 5.85. The first-order valence-electron chi connectivity index (χ1n) is 6.92. The summed E-state index contributed by atoms with van der Waals surface area (Å²) in [4.78, 5) is 1.42. The molecule has 0 saturated carbocycles. The molecule has 20 heavy (non-hydrogen) atoms. The number of fused-ring (bicyclic) bond motifs is 1. The number of aryl methyl sites for hydroxylation is 1. The van der Waals surface area contributed by atoms with Gasteiger partial charge in [0.2, 0.25) is 0 Å². The number of nitrogens with one attached hydrogen (secondary N) is 1. The molecule has 0 saturated heterocycles. The smallest absolute Gasteiger partial charge is 0.125 e. The van der Waals surface area contributed by atoms with Crippen molar-refractivity contribution >= 4 is 27.3 Å². The molecule has 0 spiro atoms. The van der Waals surface area contributed by atoms with Crippen LogP contribution in [-0.4, -0.2) is 6.61 Å². The zero-order valence-corrected chi connectivity index (χ0v) is 13.9. The molecule has 3 rings (SSSR count). The van der Waals surface area contributed by atoms with E-state index in [2.05, 4.69) is 57.8 Å². The quantitative estimate of drug-likeness (QED) is 0.855. The van der Waals surface area contributed by atoms with Gasteiger partial charge in [-0.15, -0.1) is 11.3 Å². The van der Waals surface area contributed by atoms with E-state index in [1.165, 1.54) is 16.0 Å². The van der Waals surface area contributed by atoms with Crippen molar-refractivity contribution in [3.8, 4) is 5.75 Å². The molecule has 106 valence electrons. The van der Waals surface area contributed by atoms with Gasteiger partial charge in [-0.1, -0.05) is 22.0 Å². The van der Waals surface area contributed by atoms with Gasteiger partial charge in [-0.05, 0) is 48.9 Å². The van der Waals surface area contributed by atoms with E-state index in [0.717, 1.165) is 36.2 Å². The topological polar surface area (TPSA) is 21.3 Å². The van der Waals surface area contributed by atoms with Crippen molar-refractivity contribution in [2.75, 3.05) is 6.61 Å². The Morgan fingerprint density at radius 1 is 1.40 bits per heavy atom. The van der Waals surface area contributed by atoms with Crippen molar-refractivity contribution in [1.82, 2.24) is 5.32 Å². The van der Waals surface area contributed by atoms with Gasteiger partial charge < -0.3 is 10.1 Å². The lowest BCUT2D eigenvalue weighted by Gasteiger charge is -2.18. The number of rotatable bonds is 3. The first-order valence-corrected chi connectivity index (χ1v) is 8.60. The van der Waals surface area contributed by atoms with Crippen LogP contribution in [0.2, 0.25) is 0 Å². The van der Waals surface area contributed by atoms with Gasteiger partial charge in [-0.3, -0.25) is 0 Å². The van der Waals surface area contributed by atoms with Gasteiger partial charge in [0.05, 0.1) is 6.61 Å². The molecule has 2 nitrogen and oxygen atoms in total. The van der Waals surface area contributed by atoms with Crippen LogP contribution in [0, 0.1) is 6.92 Å². The number of thiophene rings is 1. The standard InChI is InChI=1S/C16H18BrNOS/c1-11-6-8-20-16(11)10-18-14-3-2-7-19-15-9-12(17)4-5-13(14)15/h4-6,8-9,14,18H,2-3,7,10H2,1H3. The van der Waals surface area contributed by atoms with Crippen molar-refractivity contribution in [3.05, 3.63) is 50.1 Å². The number of hydrogen-bond acceptors (Lipinski definition) is 3. The summed E-state index contributed by atoms with van der Waals surface area (Å²) in [5, 5.41) is 5.86. The molecule has 1 atom stereocenters. The molecule has 1 aliphatic heterocycles. The Labute approximate surface area is 132 Å². The van der Waals surface area contributed by atoms with Gasteiger partial charge in [0.15, 0.2) is 0 Å². The molecule has 2 aromatic rings. The minimum atomic E-state index is 0.377. The van der Waals surface area contributed by atoms with Gasteiger partial charge >= 0.3 is 0 Å². The van der Waals surface area contributed by atoms with Gasteiger partial charge in [-0.2, -0.15) is 0 Å². The summed E-state index contributed by atoms with van der Waals surface area (Å²) < 4.78 is 6.93. The van der Waals surface area contributed by atoms with E-state index in [-0.39, 0.29) is 0 Å². The predicted molar refractivity (Wildman–Crippen MR) is 87.5 cm³/mol. The van der Waals surface area contributed by atoms with Crippen molar-refractivity contribution in [1.29, 1.82) is 0 Å². The zero-order valence-electron chi connectivity index (χ0n) is 11.5. The fourth-order valence-corrected chi connectivity index (χ4v) is 3.76. The van der Waals surface area contributed by atoms with Crippen LogP contribution in [0.3, 0.4) is 0 Å². The Bertz CT molecular complexity index is 596. The molecule has 1 aromatic heterocycles. The van der Waals surface area contributed by atoms with Crippen LogP contribution >= 0.6 is 27.3 Å². The Morgan fingerprint density at radius 3 is 3.10 bits per heavy atom. The largest absolute Gasteiger partial charge is 0.493 e.